The fraction of sp³-hybridized carbons (Fsp3) is 0.571. The fourth-order valence-corrected chi connectivity index (χ4v) is 2.71. The molecule has 2 saturated heterocycles. The lowest BCUT2D eigenvalue weighted by atomic mass is 9.66. The smallest absolute Gasteiger partial charge is 0.0589 e. The average Bonchev–Trinajstić information content (AvgIpc) is 2.21. The zero-order valence-corrected chi connectivity index (χ0v) is 9.83. The maximum absolute atomic E-state index is 5.48. The van der Waals surface area contributed by atoms with Gasteiger partial charge in [0.1, 0.15) is 0 Å². The number of nitrogens with one attached hydrogen (secondary N) is 1. The van der Waals surface area contributed by atoms with Gasteiger partial charge in [0, 0.05) is 18.5 Å². The van der Waals surface area contributed by atoms with E-state index in [0.29, 0.717) is 5.41 Å². The largest absolute Gasteiger partial charge is 0.379 e. The Morgan fingerprint density at radius 2 is 1.94 bits per heavy atom. The van der Waals surface area contributed by atoms with E-state index in [1.807, 2.05) is 0 Å². The molecule has 0 radical (unpaired) electrons. The van der Waals surface area contributed by atoms with Crippen LogP contribution in [0, 0.1) is 5.92 Å². The van der Waals surface area contributed by atoms with E-state index in [1.54, 1.807) is 0 Å². The summed E-state index contributed by atoms with van der Waals surface area (Å²) in [7, 11) is 0. The minimum absolute atomic E-state index is 0.317. The van der Waals surface area contributed by atoms with Crippen LogP contribution in [0.1, 0.15) is 18.1 Å². The minimum Gasteiger partial charge on any atom is -0.379 e. The molecule has 16 heavy (non-hydrogen) atoms. The third kappa shape index (κ3) is 1.40. The molecular formula is C14H19NO. The summed E-state index contributed by atoms with van der Waals surface area (Å²) in [5.74, 6) is 0.772. The maximum Gasteiger partial charge on any atom is 0.0589 e. The van der Waals surface area contributed by atoms with Crippen LogP contribution < -0.4 is 5.32 Å². The van der Waals surface area contributed by atoms with Crippen LogP contribution in [0.3, 0.4) is 0 Å². The molecule has 2 aliphatic heterocycles. The molecule has 0 unspecified atom stereocenters. The van der Waals surface area contributed by atoms with Crippen LogP contribution >= 0.6 is 0 Å². The van der Waals surface area contributed by atoms with Crippen molar-refractivity contribution in [2.45, 2.75) is 18.8 Å². The van der Waals surface area contributed by atoms with Crippen molar-refractivity contribution >= 4 is 0 Å². The van der Waals surface area contributed by atoms with Crippen molar-refractivity contribution in [2.75, 3.05) is 26.3 Å². The second kappa shape index (κ2) is 3.86. The van der Waals surface area contributed by atoms with Crippen LogP contribution in [0.2, 0.25) is 0 Å². The Balaban J connectivity index is 1.87. The Kier molecular flexibility index (Phi) is 2.49. The molecule has 2 heterocycles. The van der Waals surface area contributed by atoms with Gasteiger partial charge >= 0.3 is 0 Å². The van der Waals surface area contributed by atoms with Gasteiger partial charge in [0.2, 0.25) is 0 Å². The molecule has 0 bridgehead atoms. The number of benzene rings is 1. The van der Waals surface area contributed by atoms with Crippen LogP contribution in [-0.2, 0) is 16.6 Å². The van der Waals surface area contributed by atoms with Gasteiger partial charge in [0.15, 0.2) is 0 Å². The third-order valence-corrected chi connectivity index (χ3v) is 4.22. The highest BCUT2D eigenvalue weighted by atomic mass is 16.5. The van der Waals surface area contributed by atoms with Gasteiger partial charge in [-0.15, -0.1) is 0 Å². The summed E-state index contributed by atoms with van der Waals surface area (Å²) in [6.07, 6.45) is 1.12. The highest BCUT2D eigenvalue weighted by molar-refractivity contribution is 5.33. The van der Waals surface area contributed by atoms with Gasteiger partial charge < -0.3 is 10.1 Å². The quantitative estimate of drug-likeness (QED) is 0.832. The van der Waals surface area contributed by atoms with Crippen molar-refractivity contribution in [3.63, 3.8) is 0 Å². The van der Waals surface area contributed by atoms with Crippen LogP contribution in [0.15, 0.2) is 24.3 Å². The van der Waals surface area contributed by atoms with E-state index in [9.17, 15) is 0 Å². The Morgan fingerprint density at radius 3 is 2.31 bits per heavy atom. The van der Waals surface area contributed by atoms with Gasteiger partial charge in [-0.2, -0.15) is 0 Å². The zero-order valence-electron chi connectivity index (χ0n) is 9.83. The van der Waals surface area contributed by atoms with Crippen LogP contribution in [0.5, 0.6) is 0 Å². The number of ether oxygens (including phenoxy) is 1. The van der Waals surface area contributed by atoms with Crippen molar-refractivity contribution in [1.82, 2.24) is 5.32 Å². The van der Waals surface area contributed by atoms with Crippen molar-refractivity contribution in [2.24, 2.45) is 5.92 Å². The van der Waals surface area contributed by atoms with E-state index in [2.05, 4.69) is 36.5 Å². The normalized spacial score (nSPS) is 23.6. The number of hydrogen-bond donors (Lipinski definition) is 1. The zero-order chi connectivity index (χ0) is 11.0. The molecule has 0 aliphatic carbocycles. The molecule has 0 atom stereocenters. The molecule has 1 aromatic carbocycles. The number of aryl methyl sites for hydroxylation is 1. The van der Waals surface area contributed by atoms with Gasteiger partial charge in [-0.3, -0.25) is 0 Å². The van der Waals surface area contributed by atoms with Crippen molar-refractivity contribution < 1.29 is 4.74 Å². The highest BCUT2D eigenvalue weighted by Crippen LogP contribution is 2.41. The van der Waals surface area contributed by atoms with E-state index < -0.39 is 0 Å². The first-order valence-electron chi connectivity index (χ1n) is 6.23. The highest BCUT2D eigenvalue weighted by Gasteiger charge is 2.48. The van der Waals surface area contributed by atoms with E-state index in [0.717, 1.165) is 38.6 Å². The second-order valence-corrected chi connectivity index (χ2v) is 5.05. The summed E-state index contributed by atoms with van der Waals surface area (Å²) in [5, 5.41) is 3.37. The molecule has 0 amide bonds. The third-order valence-electron chi connectivity index (χ3n) is 4.22. The van der Waals surface area contributed by atoms with E-state index in [1.165, 1.54) is 11.1 Å². The Morgan fingerprint density at radius 1 is 1.25 bits per heavy atom. The number of hydrogen-bond acceptors (Lipinski definition) is 2. The average molecular weight is 217 g/mol. The summed E-state index contributed by atoms with van der Waals surface area (Å²) in [5.41, 5.74) is 3.21. The van der Waals surface area contributed by atoms with Crippen molar-refractivity contribution in [1.29, 1.82) is 0 Å². The Hall–Kier alpha value is -0.860. The first-order valence-corrected chi connectivity index (χ1v) is 6.23. The van der Waals surface area contributed by atoms with Crippen LogP contribution in [0.4, 0.5) is 0 Å². The molecule has 1 aromatic rings. The van der Waals surface area contributed by atoms with Crippen molar-refractivity contribution in [3.8, 4) is 0 Å². The first kappa shape index (κ1) is 10.3. The molecule has 3 rings (SSSR count). The van der Waals surface area contributed by atoms with E-state index in [4.69, 9.17) is 4.74 Å². The topological polar surface area (TPSA) is 21.3 Å². The summed E-state index contributed by atoms with van der Waals surface area (Å²) in [6, 6.07) is 9.14. The summed E-state index contributed by atoms with van der Waals surface area (Å²) < 4.78 is 5.48. The predicted octanol–water partition coefficient (Wildman–Crippen LogP) is 1.74. The molecular weight excluding hydrogens is 198 g/mol. The number of rotatable bonds is 3. The molecule has 2 nitrogen and oxygen atoms in total. The lowest BCUT2D eigenvalue weighted by Crippen LogP contribution is -2.62. The Labute approximate surface area is 97.0 Å². The summed E-state index contributed by atoms with van der Waals surface area (Å²) in [4.78, 5) is 0. The SMILES string of the molecule is CCc1ccc(C2(C3CNC3)COC2)cc1. The monoisotopic (exact) mass is 217 g/mol. The predicted molar refractivity (Wildman–Crippen MR) is 64.7 cm³/mol. The van der Waals surface area contributed by atoms with Crippen molar-refractivity contribution in [3.05, 3.63) is 35.4 Å². The molecule has 2 aliphatic rings. The van der Waals surface area contributed by atoms with E-state index >= 15 is 0 Å². The fourth-order valence-electron chi connectivity index (χ4n) is 2.71. The van der Waals surface area contributed by atoms with E-state index in [-0.39, 0.29) is 0 Å². The molecule has 2 heteroatoms. The molecule has 0 aromatic heterocycles. The molecule has 0 saturated carbocycles. The molecule has 1 N–H and O–H groups in total. The molecule has 86 valence electrons. The minimum atomic E-state index is 0.317. The van der Waals surface area contributed by atoms with Crippen LogP contribution in [-0.4, -0.2) is 26.3 Å². The summed E-state index contributed by atoms with van der Waals surface area (Å²) in [6.45, 7) is 6.32. The van der Waals surface area contributed by atoms with Crippen LogP contribution in [0.25, 0.3) is 0 Å². The lowest BCUT2D eigenvalue weighted by Gasteiger charge is -2.51. The summed E-state index contributed by atoms with van der Waals surface area (Å²) >= 11 is 0. The second-order valence-electron chi connectivity index (χ2n) is 5.05. The maximum atomic E-state index is 5.48. The lowest BCUT2D eigenvalue weighted by molar-refractivity contribution is -0.101. The Bertz CT molecular complexity index is 363. The standard InChI is InChI=1S/C14H19NO/c1-2-11-3-5-12(6-4-11)14(9-16-10-14)13-7-15-8-13/h3-6,13,15H,2,7-10H2,1H3. The first-order chi connectivity index (χ1) is 7.85. The van der Waals surface area contributed by atoms with Gasteiger partial charge in [-0.05, 0) is 23.5 Å². The van der Waals surface area contributed by atoms with Gasteiger partial charge in [-0.25, -0.2) is 0 Å². The molecule has 2 fully saturated rings. The van der Waals surface area contributed by atoms with Gasteiger partial charge in [0.05, 0.1) is 13.2 Å². The van der Waals surface area contributed by atoms with Gasteiger partial charge in [0.25, 0.3) is 0 Å². The van der Waals surface area contributed by atoms with Gasteiger partial charge in [-0.1, -0.05) is 31.2 Å². The molecule has 0 spiro atoms.